The number of methoxy groups -OCH3 is 1. The molecule has 0 saturated carbocycles. The molecule has 4 nitrogen and oxygen atoms in total. The van der Waals surface area contributed by atoms with Crippen molar-refractivity contribution in [2.45, 2.75) is 19.1 Å². The van der Waals surface area contributed by atoms with E-state index in [-0.39, 0.29) is 6.04 Å². The van der Waals surface area contributed by atoms with Gasteiger partial charge >= 0.3 is 0 Å². The largest absolute Gasteiger partial charge is 0.493 e. The van der Waals surface area contributed by atoms with Crippen molar-refractivity contribution in [1.29, 1.82) is 0 Å². The fourth-order valence-electron chi connectivity index (χ4n) is 2.73. The lowest BCUT2D eigenvalue weighted by Crippen LogP contribution is -2.13. The molecule has 27 heavy (non-hydrogen) atoms. The van der Waals surface area contributed by atoms with E-state index in [1.54, 1.807) is 31.6 Å². The molecule has 1 unspecified atom stereocenters. The summed E-state index contributed by atoms with van der Waals surface area (Å²) in [7, 11) is 1.62. The number of nitrogens with two attached hydrogens (primary N) is 1. The van der Waals surface area contributed by atoms with Gasteiger partial charge in [0.05, 0.1) is 7.11 Å². The van der Waals surface area contributed by atoms with Gasteiger partial charge in [-0.15, -0.1) is 0 Å². The SMILES string of the molecule is COc1cc(CC(N)c2ccncc2)ccc1OCc1ccc(Cl)cc1Cl. The topological polar surface area (TPSA) is 57.4 Å². The summed E-state index contributed by atoms with van der Waals surface area (Å²) in [4.78, 5) is 4.02. The Hall–Kier alpha value is -2.27. The van der Waals surface area contributed by atoms with Crippen molar-refractivity contribution in [2.24, 2.45) is 5.73 Å². The van der Waals surface area contributed by atoms with Crippen LogP contribution in [0, 0.1) is 0 Å². The number of hydrogen-bond donors (Lipinski definition) is 1. The van der Waals surface area contributed by atoms with Crippen molar-refractivity contribution in [2.75, 3.05) is 7.11 Å². The van der Waals surface area contributed by atoms with Crippen LogP contribution >= 0.6 is 23.2 Å². The van der Waals surface area contributed by atoms with Crippen molar-refractivity contribution in [3.8, 4) is 11.5 Å². The van der Waals surface area contributed by atoms with Gasteiger partial charge in [-0.2, -0.15) is 0 Å². The first-order valence-corrected chi connectivity index (χ1v) is 9.21. The number of rotatable bonds is 7. The van der Waals surface area contributed by atoms with Crippen molar-refractivity contribution in [1.82, 2.24) is 4.98 Å². The zero-order chi connectivity index (χ0) is 19.2. The van der Waals surface area contributed by atoms with Gasteiger partial charge in [0.15, 0.2) is 11.5 Å². The zero-order valence-corrected chi connectivity index (χ0v) is 16.4. The first kappa shape index (κ1) is 19.5. The van der Waals surface area contributed by atoms with Crippen molar-refractivity contribution < 1.29 is 9.47 Å². The van der Waals surface area contributed by atoms with Gasteiger partial charge in [0.2, 0.25) is 0 Å². The van der Waals surface area contributed by atoms with Crippen molar-refractivity contribution in [3.05, 3.63) is 87.7 Å². The third-order valence-corrected chi connectivity index (χ3v) is 4.80. The highest BCUT2D eigenvalue weighted by Crippen LogP contribution is 2.31. The molecule has 1 heterocycles. The van der Waals surface area contributed by atoms with Crippen LogP contribution in [0.3, 0.4) is 0 Å². The predicted octanol–water partition coefficient (Wildman–Crippen LogP) is 5.22. The fourth-order valence-corrected chi connectivity index (χ4v) is 3.20. The molecule has 0 bridgehead atoms. The zero-order valence-electron chi connectivity index (χ0n) is 14.9. The van der Waals surface area contributed by atoms with Crippen molar-refractivity contribution >= 4 is 23.2 Å². The Kier molecular flexibility index (Phi) is 6.56. The molecule has 0 radical (unpaired) electrons. The summed E-state index contributed by atoms with van der Waals surface area (Å²) >= 11 is 12.1. The predicted molar refractivity (Wildman–Crippen MR) is 109 cm³/mol. The van der Waals surface area contributed by atoms with Crippen LogP contribution in [0.25, 0.3) is 0 Å². The Balaban J connectivity index is 1.70. The lowest BCUT2D eigenvalue weighted by molar-refractivity contribution is 0.284. The third-order valence-electron chi connectivity index (χ3n) is 4.22. The van der Waals surface area contributed by atoms with Crippen LogP contribution in [0.5, 0.6) is 11.5 Å². The Labute approximate surface area is 168 Å². The highest BCUT2D eigenvalue weighted by atomic mass is 35.5. The van der Waals surface area contributed by atoms with Gasteiger partial charge in [0, 0.05) is 34.0 Å². The monoisotopic (exact) mass is 402 g/mol. The quantitative estimate of drug-likeness (QED) is 0.588. The minimum atomic E-state index is -0.114. The number of nitrogens with zero attached hydrogens (tertiary/aromatic N) is 1. The van der Waals surface area contributed by atoms with Crippen LogP contribution in [0.1, 0.15) is 22.7 Å². The number of benzene rings is 2. The Morgan fingerprint density at radius 3 is 2.48 bits per heavy atom. The highest BCUT2D eigenvalue weighted by Gasteiger charge is 2.11. The number of ether oxygens (including phenoxy) is 2. The molecule has 2 N–H and O–H groups in total. The molecule has 1 aromatic heterocycles. The summed E-state index contributed by atoms with van der Waals surface area (Å²) in [6, 6.07) is 14.9. The van der Waals surface area contributed by atoms with Crippen LogP contribution in [-0.4, -0.2) is 12.1 Å². The molecule has 6 heteroatoms. The van der Waals surface area contributed by atoms with E-state index in [0.717, 1.165) is 16.7 Å². The van der Waals surface area contributed by atoms with Gasteiger partial charge in [0.1, 0.15) is 6.61 Å². The molecule has 0 spiro atoms. The van der Waals surface area contributed by atoms with E-state index in [1.165, 1.54) is 0 Å². The normalized spacial score (nSPS) is 11.9. The molecular weight excluding hydrogens is 383 g/mol. The molecule has 0 fully saturated rings. The lowest BCUT2D eigenvalue weighted by Gasteiger charge is -2.15. The molecule has 0 amide bonds. The highest BCUT2D eigenvalue weighted by molar-refractivity contribution is 6.35. The van der Waals surface area contributed by atoms with E-state index in [9.17, 15) is 0 Å². The molecule has 0 saturated heterocycles. The maximum absolute atomic E-state index is 6.29. The van der Waals surface area contributed by atoms with E-state index in [0.29, 0.717) is 34.6 Å². The van der Waals surface area contributed by atoms with Gasteiger partial charge in [-0.1, -0.05) is 35.3 Å². The molecular formula is C21H20Cl2N2O2. The molecule has 2 aromatic carbocycles. The number of aromatic nitrogens is 1. The minimum Gasteiger partial charge on any atom is -0.493 e. The Morgan fingerprint density at radius 1 is 1.00 bits per heavy atom. The van der Waals surface area contributed by atoms with Crippen LogP contribution in [0.4, 0.5) is 0 Å². The summed E-state index contributed by atoms with van der Waals surface area (Å²) in [6.07, 6.45) is 4.17. The third kappa shape index (κ3) is 5.13. The maximum atomic E-state index is 6.29. The second-order valence-electron chi connectivity index (χ2n) is 6.10. The van der Waals surface area contributed by atoms with Gasteiger partial charge in [-0.05, 0) is 53.9 Å². The lowest BCUT2D eigenvalue weighted by atomic mass is 10.0. The fraction of sp³-hybridized carbons (Fsp3) is 0.190. The number of pyridine rings is 1. The Morgan fingerprint density at radius 2 is 1.78 bits per heavy atom. The van der Waals surface area contributed by atoms with E-state index in [1.807, 2.05) is 36.4 Å². The summed E-state index contributed by atoms with van der Waals surface area (Å²) in [6.45, 7) is 0.322. The average molecular weight is 403 g/mol. The van der Waals surface area contributed by atoms with Crippen LogP contribution < -0.4 is 15.2 Å². The summed E-state index contributed by atoms with van der Waals surface area (Å²) < 4.78 is 11.4. The molecule has 0 aliphatic rings. The van der Waals surface area contributed by atoms with Crippen molar-refractivity contribution in [3.63, 3.8) is 0 Å². The minimum absolute atomic E-state index is 0.114. The molecule has 3 aromatic rings. The van der Waals surface area contributed by atoms with Gasteiger partial charge in [-0.25, -0.2) is 0 Å². The molecule has 140 valence electrons. The van der Waals surface area contributed by atoms with E-state index >= 15 is 0 Å². The molecule has 3 rings (SSSR count). The van der Waals surface area contributed by atoms with Gasteiger partial charge in [0.25, 0.3) is 0 Å². The molecule has 0 aliphatic carbocycles. The summed E-state index contributed by atoms with van der Waals surface area (Å²) in [5.41, 5.74) is 9.25. The number of hydrogen-bond acceptors (Lipinski definition) is 4. The van der Waals surface area contributed by atoms with Gasteiger partial charge in [-0.3, -0.25) is 4.98 Å². The van der Waals surface area contributed by atoms with E-state index in [4.69, 9.17) is 38.4 Å². The van der Waals surface area contributed by atoms with Crippen LogP contribution in [-0.2, 0) is 13.0 Å². The maximum Gasteiger partial charge on any atom is 0.161 e. The number of halogens is 2. The Bertz CT molecular complexity index is 904. The van der Waals surface area contributed by atoms with Gasteiger partial charge < -0.3 is 15.2 Å². The average Bonchev–Trinajstić information content (AvgIpc) is 2.68. The second kappa shape index (κ2) is 9.09. The smallest absolute Gasteiger partial charge is 0.161 e. The van der Waals surface area contributed by atoms with Crippen LogP contribution in [0.2, 0.25) is 10.0 Å². The summed E-state index contributed by atoms with van der Waals surface area (Å²) in [5, 5.41) is 1.16. The van der Waals surface area contributed by atoms with Crippen LogP contribution in [0.15, 0.2) is 60.9 Å². The molecule has 0 aliphatic heterocycles. The van der Waals surface area contributed by atoms with E-state index in [2.05, 4.69) is 4.98 Å². The van der Waals surface area contributed by atoms with E-state index < -0.39 is 0 Å². The first-order chi connectivity index (χ1) is 13.1. The second-order valence-corrected chi connectivity index (χ2v) is 6.94. The summed E-state index contributed by atoms with van der Waals surface area (Å²) in [5.74, 6) is 1.30. The first-order valence-electron chi connectivity index (χ1n) is 8.46. The molecule has 1 atom stereocenters. The standard InChI is InChI=1S/C21H20Cl2N2O2/c1-26-21-11-14(10-19(24)15-6-8-25-9-7-15)2-5-20(21)27-13-16-3-4-17(22)12-18(16)23/h2-9,11-12,19H,10,13,24H2,1H3.